The number of H-pyrrole nitrogens is 1. The van der Waals surface area contributed by atoms with Crippen molar-refractivity contribution in [1.29, 1.82) is 0 Å². The Bertz CT molecular complexity index is 875. The average Bonchev–Trinajstić information content (AvgIpc) is 2.49. The Labute approximate surface area is 118 Å². The van der Waals surface area contributed by atoms with Crippen LogP contribution in [0.5, 0.6) is 0 Å². The summed E-state index contributed by atoms with van der Waals surface area (Å²) in [5, 5.41) is 2.70. The molecule has 0 fully saturated rings. The molecular formula is C15H10FN3O2. The smallest absolute Gasteiger partial charge is 0.261 e. The van der Waals surface area contributed by atoms with Gasteiger partial charge < -0.3 is 10.3 Å². The number of rotatable bonds is 2. The molecule has 104 valence electrons. The van der Waals surface area contributed by atoms with Gasteiger partial charge in [-0.05, 0) is 30.3 Å². The maximum absolute atomic E-state index is 13.2. The van der Waals surface area contributed by atoms with Gasteiger partial charge in [0.25, 0.3) is 5.91 Å². The van der Waals surface area contributed by atoms with Crippen molar-refractivity contribution in [1.82, 2.24) is 9.97 Å². The van der Waals surface area contributed by atoms with Crippen LogP contribution in [0.2, 0.25) is 0 Å². The van der Waals surface area contributed by atoms with Crippen LogP contribution >= 0.6 is 0 Å². The zero-order valence-electron chi connectivity index (χ0n) is 10.8. The van der Waals surface area contributed by atoms with Gasteiger partial charge >= 0.3 is 0 Å². The first-order chi connectivity index (χ1) is 10.1. The number of hydrogen-bond donors (Lipinski definition) is 2. The summed E-state index contributed by atoms with van der Waals surface area (Å²) in [4.78, 5) is 31.0. The van der Waals surface area contributed by atoms with Crippen molar-refractivity contribution >= 4 is 22.5 Å². The molecule has 1 amide bonds. The molecule has 3 rings (SSSR count). The first-order valence-corrected chi connectivity index (χ1v) is 6.17. The van der Waals surface area contributed by atoms with E-state index in [2.05, 4.69) is 15.3 Å². The Morgan fingerprint density at radius 2 is 2.14 bits per heavy atom. The summed E-state index contributed by atoms with van der Waals surface area (Å²) in [5.74, 6) is -1.10. The van der Waals surface area contributed by atoms with E-state index in [1.54, 1.807) is 18.3 Å². The standard InChI is InChI=1S/C15H10FN3O2/c16-9-3-4-13-11(6-9)14(20)12(8-18-13)15(21)19-10-2-1-5-17-7-10/h1-8H,(H,18,20)(H,19,21). The summed E-state index contributed by atoms with van der Waals surface area (Å²) in [6.45, 7) is 0. The number of carbonyl (C=O) groups excluding carboxylic acids is 1. The summed E-state index contributed by atoms with van der Waals surface area (Å²) in [7, 11) is 0. The van der Waals surface area contributed by atoms with Gasteiger partial charge in [-0.3, -0.25) is 14.6 Å². The maximum Gasteiger partial charge on any atom is 0.261 e. The van der Waals surface area contributed by atoms with Gasteiger partial charge in [0.2, 0.25) is 5.43 Å². The second-order valence-electron chi connectivity index (χ2n) is 4.42. The fourth-order valence-electron chi connectivity index (χ4n) is 1.99. The monoisotopic (exact) mass is 283 g/mol. The highest BCUT2D eigenvalue weighted by atomic mass is 19.1. The van der Waals surface area contributed by atoms with Gasteiger partial charge in [0.05, 0.1) is 11.9 Å². The number of benzene rings is 1. The number of amides is 1. The molecule has 0 radical (unpaired) electrons. The van der Waals surface area contributed by atoms with E-state index in [0.29, 0.717) is 11.2 Å². The van der Waals surface area contributed by atoms with Crippen LogP contribution in [0.1, 0.15) is 10.4 Å². The normalized spacial score (nSPS) is 10.5. The Balaban J connectivity index is 2.02. The fourth-order valence-corrected chi connectivity index (χ4v) is 1.99. The third-order valence-electron chi connectivity index (χ3n) is 3.01. The lowest BCUT2D eigenvalue weighted by molar-refractivity contribution is 0.102. The van der Waals surface area contributed by atoms with Crippen LogP contribution in [-0.2, 0) is 0 Å². The molecule has 0 saturated carbocycles. The van der Waals surface area contributed by atoms with Crippen molar-refractivity contribution in [3.8, 4) is 0 Å². The molecule has 0 bridgehead atoms. The lowest BCUT2D eigenvalue weighted by atomic mass is 10.1. The molecule has 0 aliphatic rings. The molecule has 1 aromatic carbocycles. The zero-order valence-corrected chi connectivity index (χ0v) is 10.8. The van der Waals surface area contributed by atoms with E-state index in [9.17, 15) is 14.0 Å². The molecule has 6 heteroatoms. The van der Waals surface area contributed by atoms with Gasteiger partial charge in [0, 0.05) is 23.3 Å². The van der Waals surface area contributed by atoms with E-state index in [-0.39, 0.29) is 10.9 Å². The number of aromatic nitrogens is 2. The van der Waals surface area contributed by atoms with E-state index in [4.69, 9.17) is 0 Å². The lowest BCUT2D eigenvalue weighted by Gasteiger charge is -2.05. The van der Waals surface area contributed by atoms with Gasteiger partial charge in [-0.25, -0.2) is 4.39 Å². The molecule has 5 nitrogen and oxygen atoms in total. The molecular weight excluding hydrogens is 273 g/mol. The molecule has 21 heavy (non-hydrogen) atoms. The summed E-state index contributed by atoms with van der Waals surface area (Å²) in [5.41, 5.74) is 0.335. The van der Waals surface area contributed by atoms with Crippen molar-refractivity contribution < 1.29 is 9.18 Å². The van der Waals surface area contributed by atoms with Crippen LogP contribution in [-0.4, -0.2) is 15.9 Å². The van der Waals surface area contributed by atoms with Crippen LogP contribution in [0, 0.1) is 5.82 Å². The molecule has 0 spiro atoms. The first-order valence-electron chi connectivity index (χ1n) is 6.17. The molecule has 2 N–H and O–H groups in total. The van der Waals surface area contributed by atoms with E-state index in [1.165, 1.54) is 24.5 Å². The van der Waals surface area contributed by atoms with Crippen LogP contribution < -0.4 is 10.7 Å². The van der Waals surface area contributed by atoms with Gasteiger partial charge in [-0.2, -0.15) is 0 Å². The second-order valence-corrected chi connectivity index (χ2v) is 4.42. The van der Waals surface area contributed by atoms with Crippen LogP contribution in [0.4, 0.5) is 10.1 Å². The number of halogens is 1. The van der Waals surface area contributed by atoms with E-state index in [0.717, 1.165) is 6.07 Å². The zero-order chi connectivity index (χ0) is 14.8. The van der Waals surface area contributed by atoms with E-state index in [1.807, 2.05) is 0 Å². The fraction of sp³-hybridized carbons (Fsp3) is 0. The second kappa shape index (κ2) is 5.16. The number of anilines is 1. The van der Waals surface area contributed by atoms with Crippen LogP contribution in [0.15, 0.2) is 53.7 Å². The predicted molar refractivity (Wildman–Crippen MR) is 76.7 cm³/mol. The average molecular weight is 283 g/mol. The van der Waals surface area contributed by atoms with Crippen LogP contribution in [0.25, 0.3) is 10.9 Å². The molecule has 0 aliphatic heterocycles. The summed E-state index contributed by atoms with van der Waals surface area (Å²) in [6.07, 6.45) is 4.35. The Kier molecular flexibility index (Phi) is 3.19. The molecule has 2 heterocycles. The van der Waals surface area contributed by atoms with Gasteiger partial charge in [-0.15, -0.1) is 0 Å². The largest absolute Gasteiger partial charge is 0.360 e. The quantitative estimate of drug-likeness (QED) is 0.758. The van der Waals surface area contributed by atoms with Gasteiger partial charge in [0.15, 0.2) is 0 Å². The van der Waals surface area contributed by atoms with Crippen molar-refractivity contribution in [2.75, 3.05) is 5.32 Å². The third kappa shape index (κ3) is 2.51. The Hall–Kier alpha value is -3.02. The molecule has 2 aromatic heterocycles. The minimum atomic E-state index is -0.574. The van der Waals surface area contributed by atoms with Crippen LogP contribution in [0.3, 0.4) is 0 Å². The number of nitrogens with one attached hydrogen (secondary N) is 2. The van der Waals surface area contributed by atoms with E-state index >= 15 is 0 Å². The topological polar surface area (TPSA) is 74.8 Å². The minimum Gasteiger partial charge on any atom is -0.360 e. The summed E-state index contributed by atoms with van der Waals surface area (Å²) in [6, 6.07) is 7.12. The highest BCUT2D eigenvalue weighted by Gasteiger charge is 2.13. The SMILES string of the molecule is O=C(Nc1cccnc1)c1c[nH]c2ccc(F)cc2c1=O. The summed E-state index contributed by atoms with van der Waals surface area (Å²) >= 11 is 0. The number of hydrogen-bond acceptors (Lipinski definition) is 3. The number of carbonyl (C=O) groups is 1. The van der Waals surface area contributed by atoms with Crippen molar-refractivity contribution in [2.45, 2.75) is 0 Å². The Morgan fingerprint density at radius 3 is 2.90 bits per heavy atom. The highest BCUT2D eigenvalue weighted by molar-refractivity contribution is 6.05. The maximum atomic E-state index is 13.2. The number of aromatic amines is 1. The number of pyridine rings is 2. The lowest BCUT2D eigenvalue weighted by Crippen LogP contribution is -2.22. The van der Waals surface area contributed by atoms with Crippen molar-refractivity contribution in [2.24, 2.45) is 0 Å². The molecule has 0 aliphatic carbocycles. The van der Waals surface area contributed by atoms with Gasteiger partial charge in [0.1, 0.15) is 11.4 Å². The molecule has 0 saturated heterocycles. The van der Waals surface area contributed by atoms with E-state index < -0.39 is 17.2 Å². The minimum absolute atomic E-state index is 0.0862. The molecule has 3 aromatic rings. The number of nitrogens with zero attached hydrogens (tertiary/aromatic N) is 1. The van der Waals surface area contributed by atoms with Crippen molar-refractivity contribution in [3.63, 3.8) is 0 Å². The van der Waals surface area contributed by atoms with Gasteiger partial charge in [-0.1, -0.05) is 0 Å². The highest BCUT2D eigenvalue weighted by Crippen LogP contribution is 2.11. The molecule has 0 atom stereocenters. The number of fused-ring (bicyclic) bond motifs is 1. The predicted octanol–water partition coefficient (Wildman–Crippen LogP) is 2.31. The Morgan fingerprint density at radius 1 is 1.29 bits per heavy atom. The summed E-state index contributed by atoms with van der Waals surface area (Å²) < 4.78 is 13.2. The third-order valence-corrected chi connectivity index (χ3v) is 3.01. The first kappa shape index (κ1) is 13.0. The molecule has 0 unspecified atom stereocenters. The van der Waals surface area contributed by atoms with Crippen molar-refractivity contribution in [3.05, 3.63) is 70.5 Å².